The number of hydrogen-bond acceptors (Lipinski definition) is 4. The van der Waals surface area contributed by atoms with E-state index in [-0.39, 0.29) is 24.3 Å². The van der Waals surface area contributed by atoms with Crippen molar-refractivity contribution in [2.75, 3.05) is 11.9 Å². The minimum Gasteiger partial charge on any atom is -0.484 e. The molecule has 2 aromatic rings. The number of amides is 1. The van der Waals surface area contributed by atoms with Gasteiger partial charge in [0.15, 0.2) is 12.4 Å². The first-order valence-corrected chi connectivity index (χ1v) is 7.58. The first kappa shape index (κ1) is 16.7. The molecule has 1 aromatic carbocycles. The average Bonchev–Trinajstić information content (AvgIpc) is 3.00. The third kappa shape index (κ3) is 4.42. The molecule has 1 heterocycles. The van der Waals surface area contributed by atoms with Crippen LogP contribution in [0, 0.1) is 0 Å². The summed E-state index contributed by atoms with van der Waals surface area (Å²) in [7, 11) is 0. The van der Waals surface area contributed by atoms with Crippen molar-refractivity contribution in [2.24, 2.45) is 0 Å². The van der Waals surface area contributed by atoms with E-state index < -0.39 is 0 Å². The maximum absolute atomic E-state index is 12.0. The smallest absolute Gasteiger partial charge is 0.263 e. The van der Waals surface area contributed by atoms with Gasteiger partial charge < -0.3 is 10.1 Å². The monoisotopic (exact) mass is 315 g/mol. The summed E-state index contributed by atoms with van der Waals surface area (Å²) in [6.07, 6.45) is 2.57. The highest BCUT2D eigenvalue weighted by atomic mass is 16.5. The molecular weight excluding hydrogens is 294 g/mol. The fourth-order valence-corrected chi connectivity index (χ4v) is 2.07. The summed E-state index contributed by atoms with van der Waals surface area (Å²) in [5, 5.41) is 7.00. The Kier molecular flexibility index (Phi) is 5.51. The molecule has 2 rings (SSSR count). The molecule has 0 aliphatic carbocycles. The minimum absolute atomic E-state index is 0.0441. The largest absolute Gasteiger partial charge is 0.484 e. The average molecular weight is 315 g/mol. The van der Waals surface area contributed by atoms with E-state index >= 15 is 0 Å². The van der Waals surface area contributed by atoms with Crippen LogP contribution in [0.1, 0.15) is 43.6 Å². The molecule has 0 fully saturated rings. The van der Waals surface area contributed by atoms with E-state index in [9.17, 15) is 9.59 Å². The van der Waals surface area contributed by atoms with E-state index in [1.165, 1.54) is 6.92 Å². The lowest BCUT2D eigenvalue weighted by Gasteiger charge is -2.14. The lowest BCUT2D eigenvalue weighted by Crippen LogP contribution is -2.23. The highest BCUT2D eigenvalue weighted by molar-refractivity contribution is 5.94. The lowest BCUT2D eigenvalue weighted by atomic mass is 10.1. The van der Waals surface area contributed by atoms with E-state index in [1.54, 1.807) is 41.2 Å². The van der Waals surface area contributed by atoms with Crippen molar-refractivity contribution in [3.05, 3.63) is 42.1 Å². The molecule has 122 valence electrons. The van der Waals surface area contributed by atoms with Gasteiger partial charge in [-0.25, -0.2) is 4.68 Å². The number of nitrogens with one attached hydrogen (secondary N) is 1. The second-order valence-corrected chi connectivity index (χ2v) is 5.34. The number of carbonyl (C=O) groups is 2. The molecule has 0 bridgehead atoms. The lowest BCUT2D eigenvalue weighted by molar-refractivity contribution is -0.118. The van der Waals surface area contributed by atoms with Gasteiger partial charge in [-0.3, -0.25) is 9.59 Å². The van der Waals surface area contributed by atoms with Crippen LogP contribution in [0.15, 0.2) is 36.5 Å². The van der Waals surface area contributed by atoms with Crippen molar-refractivity contribution in [1.29, 1.82) is 0 Å². The number of nitrogens with zero attached hydrogens (tertiary/aromatic N) is 2. The van der Waals surface area contributed by atoms with Crippen LogP contribution < -0.4 is 10.1 Å². The first-order valence-electron chi connectivity index (χ1n) is 7.58. The van der Waals surface area contributed by atoms with Crippen molar-refractivity contribution >= 4 is 17.5 Å². The molecule has 6 heteroatoms. The molecule has 1 atom stereocenters. The zero-order chi connectivity index (χ0) is 16.8. The number of ketones is 1. The quantitative estimate of drug-likeness (QED) is 0.797. The van der Waals surface area contributed by atoms with Crippen LogP contribution in [0.2, 0.25) is 0 Å². The fourth-order valence-electron chi connectivity index (χ4n) is 2.07. The molecule has 0 spiro atoms. The normalized spacial score (nSPS) is 11.8. The predicted octanol–water partition coefficient (Wildman–Crippen LogP) is 3.07. The van der Waals surface area contributed by atoms with Crippen LogP contribution >= 0.6 is 0 Å². The molecule has 23 heavy (non-hydrogen) atoms. The van der Waals surface area contributed by atoms with E-state index in [0.717, 1.165) is 6.42 Å². The van der Waals surface area contributed by atoms with Crippen LogP contribution in [0.3, 0.4) is 0 Å². The molecule has 0 aliphatic heterocycles. The van der Waals surface area contributed by atoms with Gasteiger partial charge in [-0.15, -0.1) is 0 Å². The van der Waals surface area contributed by atoms with Crippen LogP contribution in [-0.4, -0.2) is 28.1 Å². The molecule has 1 aromatic heterocycles. The highest BCUT2D eigenvalue weighted by Gasteiger charge is 2.11. The second kappa shape index (κ2) is 7.58. The van der Waals surface area contributed by atoms with Crippen LogP contribution in [0.25, 0.3) is 0 Å². The highest BCUT2D eigenvalue weighted by Crippen LogP contribution is 2.17. The van der Waals surface area contributed by atoms with Gasteiger partial charge in [0, 0.05) is 11.6 Å². The Morgan fingerprint density at radius 1 is 1.35 bits per heavy atom. The van der Waals surface area contributed by atoms with E-state index in [2.05, 4.69) is 17.3 Å². The standard InChI is InChI=1S/C17H21N3O3/c1-4-12(2)20-16(8-9-18-20)19-17(22)11-23-15-7-5-6-14(10-15)13(3)21/h5-10,12H,4,11H2,1-3H3,(H,19,22). The van der Waals surface area contributed by atoms with Crippen molar-refractivity contribution < 1.29 is 14.3 Å². The molecular formula is C17H21N3O3. The maximum Gasteiger partial charge on any atom is 0.263 e. The SMILES string of the molecule is CCC(C)n1nccc1NC(=O)COc1cccc(C(C)=O)c1. The van der Waals surface area contributed by atoms with Crippen molar-refractivity contribution in [2.45, 2.75) is 33.2 Å². The van der Waals surface area contributed by atoms with Crippen LogP contribution in [-0.2, 0) is 4.79 Å². The van der Waals surface area contributed by atoms with E-state index in [0.29, 0.717) is 17.1 Å². The number of benzene rings is 1. The third-order valence-electron chi connectivity index (χ3n) is 3.56. The summed E-state index contributed by atoms with van der Waals surface area (Å²) >= 11 is 0. The maximum atomic E-state index is 12.0. The Hall–Kier alpha value is -2.63. The third-order valence-corrected chi connectivity index (χ3v) is 3.56. The molecule has 0 saturated heterocycles. The second-order valence-electron chi connectivity index (χ2n) is 5.34. The molecule has 6 nitrogen and oxygen atoms in total. The van der Waals surface area contributed by atoms with Gasteiger partial charge in [0.2, 0.25) is 0 Å². The molecule has 1 unspecified atom stereocenters. The predicted molar refractivity (Wildman–Crippen MR) is 87.8 cm³/mol. The Balaban J connectivity index is 1.94. The molecule has 1 amide bonds. The zero-order valence-corrected chi connectivity index (χ0v) is 13.6. The Morgan fingerprint density at radius 3 is 2.83 bits per heavy atom. The molecule has 0 saturated carbocycles. The zero-order valence-electron chi connectivity index (χ0n) is 13.6. The van der Waals surface area contributed by atoms with E-state index in [1.807, 2.05) is 6.92 Å². The van der Waals surface area contributed by atoms with Crippen molar-refractivity contribution in [3.8, 4) is 5.75 Å². The fraction of sp³-hybridized carbons (Fsp3) is 0.353. The van der Waals surface area contributed by atoms with Gasteiger partial charge >= 0.3 is 0 Å². The molecule has 1 N–H and O–H groups in total. The number of Topliss-reactive ketones (excluding diaryl/α,β-unsaturated/α-hetero) is 1. The van der Waals surface area contributed by atoms with Gasteiger partial charge in [-0.2, -0.15) is 5.10 Å². The Morgan fingerprint density at radius 2 is 2.13 bits per heavy atom. The van der Waals surface area contributed by atoms with Gasteiger partial charge in [0.25, 0.3) is 5.91 Å². The number of hydrogen-bond donors (Lipinski definition) is 1. The van der Waals surface area contributed by atoms with Gasteiger partial charge in [0.1, 0.15) is 11.6 Å². The number of anilines is 1. The summed E-state index contributed by atoms with van der Waals surface area (Å²) in [6, 6.07) is 8.72. The number of carbonyl (C=O) groups excluding carboxylic acids is 2. The topological polar surface area (TPSA) is 73.2 Å². The first-order chi connectivity index (χ1) is 11.0. The Labute approximate surface area is 135 Å². The van der Waals surface area contributed by atoms with Gasteiger partial charge in [-0.1, -0.05) is 19.1 Å². The van der Waals surface area contributed by atoms with Crippen LogP contribution in [0.4, 0.5) is 5.82 Å². The molecule has 0 aliphatic rings. The summed E-state index contributed by atoms with van der Waals surface area (Å²) in [5.74, 6) is 0.814. The van der Waals surface area contributed by atoms with Crippen molar-refractivity contribution in [1.82, 2.24) is 9.78 Å². The molecule has 0 radical (unpaired) electrons. The summed E-state index contributed by atoms with van der Waals surface area (Å²) < 4.78 is 7.21. The van der Waals surface area contributed by atoms with Gasteiger partial charge in [-0.05, 0) is 32.4 Å². The van der Waals surface area contributed by atoms with Crippen molar-refractivity contribution in [3.63, 3.8) is 0 Å². The van der Waals surface area contributed by atoms with E-state index in [4.69, 9.17) is 4.74 Å². The summed E-state index contributed by atoms with van der Waals surface area (Å²) in [6.45, 7) is 5.45. The minimum atomic E-state index is -0.275. The Bertz CT molecular complexity index is 694. The van der Waals surface area contributed by atoms with Gasteiger partial charge in [0.05, 0.1) is 12.2 Å². The summed E-state index contributed by atoms with van der Waals surface area (Å²) in [5.41, 5.74) is 0.553. The number of aromatic nitrogens is 2. The van der Waals surface area contributed by atoms with Crippen LogP contribution in [0.5, 0.6) is 5.75 Å². The number of rotatable bonds is 7. The summed E-state index contributed by atoms with van der Waals surface area (Å²) in [4.78, 5) is 23.4. The number of ether oxygens (including phenoxy) is 1.